The summed E-state index contributed by atoms with van der Waals surface area (Å²) in [4.78, 5) is 0. The third-order valence-corrected chi connectivity index (χ3v) is 3.23. The van der Waals surface area contributed by atoms with Gasteiger partial charge in [0.25, 0.3) is 0 Å². The topological polar surface area (TPSA) is 17.0 Å². The minimum atomic E-state index is 0.994. The fourth-order valence-corrected chi connectivity index (χ4v) is 2.28. The molecule has 0 unspecified atom stereocenters. The van der Waals surface area contributed by atoms with Crippen LogP contribution in [-0.4, -0.2) is 11.1 Å². The Balaban J connectivity index is 1.63. The van der Waals surface area contributed by atoms with E-state index in [1.165, 1.54) is 37.7 Å². The second-order valence-corrected chi connectivity index (χ2v) is 4.72. The summed E-state index contributed by atoms with van der Waals surface area (Å²) in [6, 6.07) is 2.17. The number of nitrogens with one attached hydrogen (secondary N) is 1. The number of allylic oxidation sites excluding steroid dienone is 1. The summed E-state index contributed by atoms with van der Waals surface area (Å²) in [6.45, 7) is 2.11. The largest absolute Gasteiger partial charge is 0.357 e. The fourth-order valence-electron chi connectivity index (χ4n) is 2.28. The Hall–Kier alpha value is -1.02. The molecule has 0 spiro atoms. The SMILES string of the molecule is Cn1ccc(CNCCC2=CCCCC2)c1. The smallest absolute Gasteiger partial charge is 0.0220 e. The molecule has 1 heterocycles. The van der Waals surface area contributed by atoms with Crippen LogP contribution >= 0.6 is 0 Å². The molecule has 0 radical (unpaired) electrons. The maximum Gasteiger partial charge on any atom is 0.0220 e. The fraction of sp³-hybridized carbons (Fsp3) is 0.571. The Morgan fingerprint density at radius 3 is 3.00 bits per heavy atom. The zero-order valence-corrected chi connectivity index (χ0v) is 10.2. The van der Waals surface area contributed by atoms with Crippen LogP contribution in [0.15, 0.2) is 30.1 Å². The highest BCUT2D eigenvalue weighted by molar-refractivity contribution is 5.10. The van der Waals surface area contributed by atoms with Crippen molar-refractivity contribution in [2.45, 2.75) is 38.6 Å². The highest BCUT2D eigenvalue weighted by atomic mass is 14.9. The molecule has 0 aliphatic heterocycles. The Labute approximate surface area is 98.4 Å². The van der Waals surface area contributed by atoms with E-state index in [1.54, 1.807) is 5.57 Å². The Morgan fingerprint density at radius 1 is 1.38 bits per heavy atom. The van der Waals surface area contributed by atoms with Gasteiger partial charge in [-0.05, 0) is 50.3 Å². The van der Waals surface area contributed by atoms with Crippen molar-refractivity contribution in [3.63, 3.8) is 0 Å². The summed E-state index contributed by atoms with van der Waals surface area (Å²) in [6.07, 6.45) is 13.3. The summed E-state index contributed by atoms with van der Waals surface area (Å²) in [5.74, 6) is 0. The van der Waals surface area contributed by atoms with Crippen LogP contribution in [0.4, 0.5) is 0 Å². The van der Waals surface area contributed by atoms with Gasteiger partial charge in [-0.2, -0.15) is 0 Å². The van der Waals surface area contributed by atoms with Crippen molar-refractivity contribution in [3.05, 3.63) is 35.7 Å². The molecule has 1 N–H and O–H groups in total. The average Bonchev–Trinajstić information content (AvgIpc) is 2.72. The van der Waals surface area contributed by atoms with Gasteiger partial charge in [0, 0.05) is 26.0 Å². The summed E-state index contributed by atoms with van der Waals surface area (Å²) in [7, 11) is 2.07. The number of hydrogen-bond acceptors (Lipinski definition) is 1. The van der Waals surface area contributed by atoms with Crippen LogP contribution in [0.1, 0.15) is 37.7 Å². The zero-order chi connectivity index (χ0) is 11.2. The predicted molar refractivity (Wildman–Crippen MR) is 68.3 cm³/mol. The summed E-state index contributed by atoms with van der Waals surface area (Å²) in [5, 5.41) is 3.51. The summed E-state index contributed by atoms with van der Waals surface area (Å²) in [5.41, 5.74) is 3.03. The first-order valence-electron chi connectivity index (χ1n) is 6.34. The molecule has 0 saturated carbocycles. The third kappa shape index (κ3) is 3.53. The van der Waals surface area contributed by atoms with Gasteiger partial charge in [-0.15, -0.1) is 0 Å². The molecule has 2 nitrogen and oxygen atoms in total. The molecule has 1 aliphatic rings. The molecule has 0 amide bonds. The molecule has 1 aromatic heterocycles. The van der Waals surface area contributed by atoms with E-state index in [9.17, 15) is 0 Å². The van der Waals surface area contributed by atoms with Gasteiger partial charge in [-0.1, -0.05) is 11.6 Å². The predicted octanol–water partition coefficient (Wildman–Crippen LogP) is 3.01. The van der Waals surface area contributed by atoms with Crippen molar-refractivity contribution in [3.8, 4) is 0 Å². The first kappa shape index (κ1) is 11.5. The second kappa shape index (κ2) is 5.90. The molecular weight excluding hydrogens is 196 g/mol. The number of aryl methyl sites for hydroxylation is 1. The molecule has 0 bridgehead atoms. The van der Waals surface area contributed by atoms with E-state index in [2.05, 4.69) is 41.5 Å². The Morgan fingerprint density at radius 2 is 2.31 bits per heavy atom. The quantitative estimate of drug-likeness (QED) is 0.594. The Bertz CT molecular complexity index is 349. The second-order valence-electron chi connectivity index (χ2n) is 4.72. The van der Waals surface area contributed by atoms with Crippen molar-refractivity contribution in [1.29, 1.82) is 0 Å². The van der Waals surface area contributed by atoms with Crippen LogP contribution in [0.3, 0.4) is 0 Å². The van der Waals surface area contributed by atoms with Crippen molar-refractivity contribution in [2.75, 3.05) is 6.54 Å². The van der Waals surface area contributed by atoms with E-state index >= 15 is 0 Å². The van der Waals surface area contributed by atoms with Crippen molar-refractivity contribution >= 4 is 0 Å². The van der Waals surface area contributed by atoms with Gasteiger partial charge in [-0.3, -0.25) is 0 Å². The molecule has 88 valence electrons. The lowest BCUT2D eigenvalue weighted by Gasteiger charge is -2.12. The first-order valence-corrected chi connectivity index (χ1v) is 6.34. The molecule has 16 heavy (non-hydrogen) atoms. The van der Waals surface area contributed by atoms with Gasteiger partial charge >= 0.3 is 0 Å². The molecule has 0 aromatic carbocycles. The van der Waals surface area contributed by atoms with Crippen molar-refractivity contribution < 1.29 is 0 Å². The van der Waals surface area contributed by atoms with E-state index in [-0.39, 0.29) is 0 Å². The van der Waals surface area contributed by atoms with Gasteiger partial charge < -0.3 is 9.88 Å². The van der Waals surface area contributed by atoms with Gasteiger partial charge in [0.1, 0.15) is 0 Å². The van der Waals surface area contributed by atoms with E-state index in [0.29, 0.717) is 0 Å². The van der Waals surface area contributed by atoms with Gasteiger partial charge in [0.05, 0.1) is 0 Å². The summed E-state index contributed by atoms with van der Waals surface area (Å²) < 4.78 is 2.10. The van der Waals surface area contributed by atoms with Crippen LogP contribution in [-0.2, 0) is 13.6 Å². The van der Waals surface area contributed by atoms with E-state index in [1.807, 2.05) is 0 Å². The van der Waals surface area contributed by atoms with Crippen LogP contribution in [0, 0.1) is 0 Å². The first-order chi connectivity index (χ1) is 7.84. The van der Waals surface area contributed by atoms with Gasteiger partial charge in [0.15, 0.2) is 0 Å². The summed E-state index contributed by atoms with van der Waals surface area (Å²) >= 11 is 0. The van der Waals surface area contributed by atoms with Crippen LogP contribution in [0.2, 0.25) is 0 Å². The minimum absolute atomic E-state index is 0.994. The van der Waals surface area contributed by atoms with Gasteiger partial charge in [0.2, 0.25) is 0 Å². The maximum atomic E-state index is 3.51. The number of hydrogen-bond donors (Lipinski definition) is 1. The van der Waals surface area contributed by atoms with Crippen LogP contribution in [0.5, 0.6) is 0 Å². The number of rotatable bonds is 5. The van der Waals surface area contributed by atoms with Crippen molar-refractivity contribution in [1.82, 2.24) is 9.88 Å². The van der Waals surface area contributed by atoms with Crippen LogP contribution < -0.4 is 5.32 Å². The number of nitrogens with zero attached hydrogens (tertiary/aromatic N) is 1. The molecule has 1 aromatic rings. The average molecular weight is 218 g/mol. The minimum Gasteiger partial charge on any atom is -0.357 e. The lowest BCUT2D eigenvalue weighted by molar-refractivity contribution is 0.632. The third-order valence-electron chi connectivity index (χ3n) is 3.23. The van der Waals surface area contributed by atoms with Crippen molar-refractivity contribution in [2.24, 2.45) is 7.05 Å². The highest BCUT2D eigenvalue weighted by Gasteiger charge is 2.02. The molecule has 0 atom stereocenters. The molecule has 0 saturated heterocycles. The molecular formula is C14H22N2. The van der Waals surface area contributed by atoms with E-state index in [0.717, 1.165) is 13.1 Å². The normalized spacial score (nSPS) is 16.2. The van der Waals surface area contributed by atoms with Crippen LogP contribution in [0.25, 0.3) is 0 Å². The molecule has 1 aliphatic carbocycles. The Kier molecular flexibility index (Phi) is 4.23. The zero-order valence-electron chi connectivity index (χ0n) is 10.2. The lowest BCUT2D eigenvalue weighted by atomic mass is 9.97. The molecule has 2 rings (SSSR count). The standard InChI is InChI=1S/C14H22N2/c1-16-10-8-14(12-16)11-15-9-7-13-5-3-2-4-6-13/h5,8,10,12,15H,2-4,6-7,9,11H2,1H3. The maximum absolute atomic E-state index is 3.51. The van der Waals surface area contributed by atoms with Gasteiger partial charge in [-0.25, -0.2) is 0 Å². The number of aromatic nitrogens is 1. The highest BCUT2D eigenvalue weighted by Crippen LogP contribution is 2.19. The molecule has 0 fully saturated rings. The lowest BCUT2D eigenvalue weighted by Crippen LogP contribution is -2.15. The van der Waals surface area contributed by atoms with E-state index in [4.69, 9.17) is 0 Å². The molecule has 2 heteroatoms. The monoisotopic (exact) mass is 218 g/mol. The van der Waals surface area contributed by atoms with E-state index < -0.39 is 0 Å².